The average Bonchev–Trinajstić information content (AvgIpc) is 2.77. The summed E-state index contributed by atoms with van der Waals surface area (Å²) < 4.78 is 22.3. The first-order chi connectivity index (χ1) is 15.3. The maximum atomic E-state index is 12.6. The molecule has 32 heavy (non-hydrogen) atoms. The Morgan fingerprint density at radius 3 is 2.69 bits per heavy atom. The summed E-state index contributed by atoms with van der Waals surface area (Å²) in [6, 6.07) is 9.60. The molecular weight excluding hydrogens is 506 g/mol. The molecule has 0 saturated heterocycles. The van der Waals surface area contributed by atoms with Crippen LogP contribution in [0.1, 0.15) is 6.92 Å². The van der Waals surface area contributed by atoms with Crippen LogP contribution in [0.5, 0.6) is 11.5 Å². The van der Waals surface area contributed by atoms with Crippen molar-refractivity contribution in [3.8, 4) is 22.8 Å². The van der Waals surface area contributed by atoms with Gasteiger partial charge in [0.1, 0.15) is 23.9 Å². The highest BCUT2D eigenvalue weighted by Crippen LogP contribution is 2.39. The molecule has 0 spiro atoms. The number of benzene rings is 2. The Hall–Kier alpha value is -3.04. The number of para-hydroxylation sites is 1. The van der Waals surface area contributed by atoms with Gasteiger partial charge in [-0.2, -0.15) is 0 Å². The van der Waals surface area contributed by atoms with Crippen molar-refractivity contribution >= 4 is 50.4 Å². The maximum Gasteiger partial charge on any atom is 0.396 e. The van der Waals surface area contributed by atoms with Crippen molar-refractivity contribution in [3.63, 3.8) is 0 Å². The monoisotopic (exact) mass is 523 g/mol. The van der Waals surface area contributed by atoms with Crippen molar-refractivity contribution in [2.24, 2.45) is 0 Å². The molecule has 0 aliphatic heterocycles. The van der Waals surface area contributed by atoms with Gasteiger partial charge in [0.15, 0.2) is 11.0 Å². The number of carbonyl (C=O) groups excluding carboxylic acids is 2. The largest absolute Gasteiger partial charge is 0.496 e. The zero-order valence-corrected chi connectivity index (χ0v) is 19.5. The van der Waals surface area contributed by atoms with Crippen LogP contribution in [0.3, 0.4) is 0 Å². The molecule has 168 valence electrons. The number of hydrogen-bond donors (Lipinski definition) is 1. The van der Waals surface area contributed by atoms with Crippen molar-refractivity contribution in [1.82, 2.24) is 5.32 Å². The van der Waals surface area contributed by atoms with E-state index in [2.05, 4.69) is 26.0 Å². The highest BCUT2D eigenvalue weighted by Gasteiger charge is 2.17. The molecule has 3 aromatic rings. The number of methoxy groups -OCH3 is 1. The third-order valence-electron chi connectivity index (χ3n) is 4.33. The lowest BCUT2D eigenvalue weighted by Crippen LogP contribution is -2.35. The van der Waals surface area contributed by atoms with Crippen LogP contribution in [0.2, 0.25) is 5.02 Å². The first-order valence-corrected chi connectivity index (χ1v) is 10.7. The van der Waals surface area contributed by atoms with Crippen LogP contribution in [0.15, 0.2) is 50.1 Å². The predicted octanol–water partition coefficient (Wildman–Crippen LogP) is 3.94. The minimum absolute atomic E-state index is 0.0724. The third kappa shape index (κ3) is 5.23. The Balaban J connectivity index is 1.85. The third-order valence-corrected chi connectivity index (χ3v) is 5.25. The van der Waals surface area contributed by atoms with E-state index in [0.717, 1.165) is 0 Å². The molecule has 2 aromatic carbocycles. The fraction of sp³-hybridized carbons (Fsp3) is 0.227. The number of ether oxygens (including phenoxy) is 3. The predicted molar refractivity (Wildman–Crippen MR) is 122 cm³/mol. The van der Waals surface area contributed by atoms with E-state index < -0.39 is 11.9 Å². The smallest absolute Gasteiger partial charge is 0.396 e. The van der Waals surface area contributed by atoms with Gasteiger partial charge in [-0.3, -0.25) is 9.59 Å². The second-order valence-corrected chi connectivity index (χ2v) is 7.66. The molecule has 0 fully saturated rings. The van der Waals surface area contributed by atoms with Crippen LogP contribution in [0.25, 0.3) is 22.3 Å². The quantitative estimate of drug-likeness (QED) is 0.284. The van der Waals surface area contributed by atoms with E-state index in [-0.39, 0.29) is 36.5 Å². The van der Waals surface area contributed by atoms with Gasteiger partial charge in [-0.05, 0) is 47.1 Å². The summed E-state index contributed by atoms with van der Waals surface area (Å²) in [7, 11) is 1.49. The van der Waals surface area contributed by atoms with Crippen LogP contribution in [-0.2, 0) is 14.3 Å². The fourth-order valence-electron chi connectivity index (χ4n) is 2.88. The van der Waals surface area contributed by atoms with Crippen LogP contribution in [-0.4, -0.2) is 38.7 Å². The lowest BCUT2D eigenvalue weighted by molar-refractivity contribution is -0.154. The molecule has 1 amide bonds. The number of hydrogen-bond acceptors (Lipinski definition) is 7. The summed E-state index contributed by atoms with van der Waals surface area (Å²) >= 11 is 9.61. The average molecular weight is 525 g/mol. The summed E-state index contributed by atoms with van der Waals surface area (Å²) in [5, 5.41) is 3.08. The number of rotatable bonds is 7. The van der Waals surface area contributed by atoms with Crippen LogP contribution >= 0.6 is 27.5 Å². The summed E-state index contributed by atoms with van der Waals surface area (Å²) in [6.07, 6.45) is 0. The van der Waals surface area contributed by atoms with Crippen molar-refractivity contribution in [2.45, 2.75) is 6.92 Å². The van der Waals surface area contributed by atoms with E-state index >= 15 is 0 Å². The Morgan fingerprint density at radius 2 is 1.97 bits per heavy atom. The normalized spacial score (nSPS) is 10.6. The van der Waals surface area contributed by atoms with Gasteiger partial charge in [0, 0.05) is 6.07 Å². The van der Waals surface area contributed by atoms with Gasteiger partial charge in [0.2, 0.25) is 0 Å². The van der Waals surface area contributed by atoms with Gasteiger partial charge in [-0.25, -0.2) is 4.79 Å². The lowest BCUT2D eigenvalue weighted by atomic mass is 10.1. The minimum Gasteiger partial charge on any atom is -0.496 e. The Bertz CT molecular complexity index is 1220. The zero-order chi connectivity index (χ0) is 23.3. The summed E-state index contributed by atoms with van der Waals surface area (Å²) in [4.78, 5) is 35.5. The fourth-order valence-corrected chi connectivity index (χ4v) is 3.53. The molecule has 3 rings (SSSR count). The molecule has 0 atom stereocenters. The van der Waals surface area contributed by atoms with Crippen molar-refractivity contribution < 1.29 is 28.2 Å². The van der Waals surface area contributed by atoms with E-state index in [9.17, 15) is 14.4 Å². The van der Waals surface area contributed by atoms with Crippen LogP contribution < -0.4 is 20.2 Å². The van der Waals surface area contributed by atoms with Crippen molar-refractivity contribution in [1.29, 1.82) is 0 Å². The highest BCUT2D eigenvalue weighted by molar-refractivity contribution is 9.10. The van der Waals surface area contributed by atoms with E-state index in [0.29, 0.717) is 31.9 Å². The SMILES string of the molecule is CCOC(=O)C(=O)NCCOc1cc(-c2cc(=O)c3cccc(Cl)c3o2)c(OC)cc1Br. The van der Waals surface area contributed by atoms with E-state index in [1.165, 1.54) is 13.2 Å². The van der Waals surface area contributed by atoms with Crippen LogP contribution in [0.4, 0.5) is 0 Å². The molecular formula is C22H19BrClNO7. The highest BCUT2D eigenvalue weighted by atomic mass is 79.9. The second kappa shape index (κ2) is 10.5. The first-order valence-electron chi connectivity index (χ1n) is 9.53. The molecule has 0 bridgehead atoms. The number of amides is 1. The minimum atomic E-state index is -0.953. The van der Waals surface area contributed by atoms with Gasteiger partial charge in [-0.15, -0.1) is 0 Å². The first kappa shape index (κ1) is 23.6. The van der Waals surface area contributed by atoms with Gasteiger partial charge >= 0.3 is 11.9 Å². The summed E-state index contributed by atoms with van der Waals surface area (Å²) in [5.74, 6) is -0.701. The van der Waals surface area contributed by atoms with Crippen molar-refractivity contribution in [2.75, 3.05) is 26.9 Å². The Kier molecular flexibility index (Phi) is 7.76. The molecule has 0 radical (unpaired) electrons. The zero-order valence-electron chi connectivity index (χ0n) is 17.2. The van der Waals surface area contributed by atoms with Gasteiger partial charge in [-0.1, -0.05) is 17.7 Å². The Labute approximate surface area is 196 Å². The standard InChI is InChI=1S/C22H19BrClNO7/c1-3-30-22(28)21(27)25-7-8-31-19-9-13(17(29-2)10-14(19)23)18-11-16(26)12-5-4-6-15(24)20(12)32-18/h4-6,9-11H,3,7-8H2,1-2H3,(H,25,27). The maximum absolute atomic E-state index is 12.6. The van der Waals surface area contributed by atoms with Gasteiger partial charge in [0.05, 0.1) is 40.7 Å². The number of halogens is 2. The number of carbonyl (C=O) groups is 2. The molecule has 0 unspecified atom stereocenters. The number of nitrogens with one attached hydrogen (secondary N) is 1. The van der Waals surface area contributed by atoms with Crippen LogP contribution in [0, 0.1) is 0 Å². The molecule has 0 saturated carbocycles. The molecule has 1 aromatic heterocycles. The summed E-state index contributed by atoms with van der Waals surface area (Å²) in [6.45, 7) is 1.87. The van der Waals surface area contributed by atoms with E-state index in [1.807, 2.05) is 0 Å². The van der Waals surface area contributed by atoms with Gasteiger partial charge in [0.25, 0.3) is 0 Å². The molecule has 0 aliphatic rings. The van der Waals surface area contributed by atoms with E-state index in [1.54, 1.807) is 37.3 Å². The molecule has 10 heteroatoms. The van der Waals surface area contributed by atoms with E-state index in [4.69, 9.17) is 25.5 Å². The molecule has 0 aliphatic carbocycles. The van der Waals surface area contributed by atoms with Gasteiger partial charge < -0.3 is 23.9 Å². The number of fused-ring (bicyclic) bond motifs is 1. The number of esters is 1. The molecule has 1 heterocycles. The second-order valence-electron chi connectivity index (χ2n) is 6.40. The Morgan fingerprint density at radius 1 is 1.19 bits per heavy atom. The lowest BCUT2D eigenvalue weighted by Gasteiger charge is -2.14. The molecule has 1 N–H and O–H groups in total. The summed E-state index contributed by atoms with van der Waals surface area (Å²) in [5.41, 5.74) is 0.490. The topological polar surface area (TPSA) is 104 Å². The van der Waals surface area contributed by atoms with Crippen molar-refractivity contribution in [3.05, 3.63) is 56.1 Å². The molecule has 8 nitrogen and oxygen atoms in total.